The summed E-state index contributed by atoms with van der Waals surface area (Å²) in [4.78, 5) is 41.0. The molecule has 0 radical (unpaired) electrons. The molecular weight excluding hydrogens is 449 g/mol. The van der Waals surface area contributed by atoms with Crippen molar-refractivity contribution in [3.8, 4) is 5.75 Å². The van der Waals surface area contributed by atoms with Gasteiger partial charge in [0.05, 0.1) is 7.11 Å². The molecule has 35 heavy (non-hydrogen) atoms. The Morgan fingerprint density at radius 3 is 2.37 bits per heavy atom. The Morgan fingerprint density at radius 2 is 1.74 bits per heavy atom. The zero-order valence-corrected chi connectivity index (χ0v) is 19.6. The molecule has 1 fully saturated rings. The van der Waals surface area contributed by atoms with Crippen molar-refractivity contribution in [1.82, 2.24) is 10.2 Å². The van der Waals surface area contributed by atoms with Crippen LogP contribution in [0.15, 0.2) is 72.8 Å². The molecule has 0 aliphatic carbocycles. The van der Waals surface area contributed by atoms with Gasteiger partial charge in [-0.3, -0.25) is 9.59 Å². The van der Waals surface area contributed by atoms with E-state index in [1.165, 1.54) is 19.2 Å². The van der Waals surface area contributed by atoms with Crippen LogP contribution in [0.3, 0.4) is 0 Å². The van der Waals surface area contributed by atoms with Gasteiger partial charge in [0.15, 0.2) is 11.6 Å². The highest BCUT2D eigenvalue weighted by Crippen LogP contribution is 2.32. The van der Waals surface area contributed by atoms with Crippen LogP contribution in [0.1, 0.15) is 35.6 Å². The largest absolute Gasteiger partial charge is 0.494 e. The number of anilines is 1. The lowest BCUT2D eigenvalue weighted by molar-refractivity contribution is -0.134. The summed E-state index contributed by atoms with van der Waals surface area (Å²) in [5, 5.41) is 5.43. The predicted molar refractivity (Wildman–Crippen MR) is 130 cm³/mol. The number of hydrogen-bond acceptors (Lipinski definition) is 4. The number of nitrogens with zero attached hydrogens (tertiary/aromatic N) is 1. The highest BCUT2D eigenvalue weighted by atomic mass is 19.1. The molecule has 1 aliphatic heterocycles. The number of carbonyl (C=O) groups excluding carboxylic acids is 3. The lowest BCUT2D eigenvalue weighted by Gasteiger charge is -2.30. The SMILES string of the molecule is COc1ccc(C2NC(=O)N(C(C(=O)Nc3ccc(C)cc3)C(C)c3ccccc3)C2=O)cc1F. The number of hydrogen-bond donors (Lipinski definition) is 2. The third-order valence-corrected chi connectivity index (χ3v) is 6.15. The Morgan fingerprint density at radius 1 is 1.06 bits per heavy atom. The van der Waals surface area contributed by atoms with E-state index >= 15 is 0 Å². The summed E-state index contributed by atoms with van der Waals surface area (Å²) in [6, 6.07) is 17.5. The number of carbonyl (C=O) groups is 3. The van der Waals surface area contributed by atoms with Crippen molar-refractivity contribution in [2.75, 3.05) is 12.4 Å². The quantitative estimate of drug-likeness (QED) is 0.491. The Balaban J connectivity index is 1.68. The van der Waals surface area contributed by atoms with E-state index in [0.29, 0.717) is 5.69 Å². The van der Waals surface area contributed by atoms with Crippen LogP contribution in [0.4, 0.5) is 14.9 Å². The minimum absolute atomic E-state index is 0.0235. The summed E-state index contributed by atoms with van der Waals surface area (Å²) in [6.07, 6.45) is 0. The van der Waals surface area contributed by atoms with Crippen molar-refractivity contribution in [3.05, 3.63) is 95.3 Å². The average Bonchev–Trinajstić information content (AvgIpc) is 3.15. The van der Waals surface area contributed by atoms with Crippen LogP contribution in [0.2, 0.25) is 0 Å². The number of halogens is 1. The van der Waals surface area contributed by atoms with Gasteiger partial charge in [-0.05, 0) is 42.3 Å². The molecule has 180 valence electrons. The standard InChI is InChI=1S/C27H26FN3O4/c1-16-9-12-20(13-10-16)29-25(32)24(17(2)18-7-5-4-6-8-18)31-26(33)23(30-27(31)34)19-11-14-22(35-3)21(28)15-19/h4-15,17,23-24H,1-3H3,(H,29,32)(H,30,34). The van der Waals surface area contributed by atoms with E-state index in [4.69, 9.17) is 4.74 Å². The normalized spacial score (nSPS) is 17.0. The van der Waals surface area contributed by atoms with Gasteiger partial charge in [-0.15, -0.1) is 0 Å². The van der Waals surface area contributed by atoms with Gasteiger partial charge < -0.3 is 15.4 Å². The molecule has 0 aromatic heterocycles. The van der Waals surface area contributed by atoms with Crippen molar-refractivity contribution in [3.63, 3.8) is 0 Å². The molecule has 4 amide bonds. The molecule has 8 heteroatoms. The fourth-order valence-corrected chi connectivity index (χ4v) is 4.21. The topological polar surface area (TPSA) is 87.7 Å². The number of ether oxygens (including phenoxy) is 1. The molecule has 4 rings (SSSR count). The first-order valence-corrected chi connectivity index (χ1v) is 11.2. The number of imide groups is 1. The lowest BCUT2D eigenvalue weighted by atomic mass is 9.91. The molecule has 2 N–H and O–H groups in total. The highest BCUT2D eigenvalue weighted by Gasteiger charge is 2.47. The zero-order valence-electron chi connectivity index (χ0n) is 19.6. The van der Waals surface area contributed by atoms with E-state index in [1.54, 1.807) is 19.1 Å². The first-order valence-electron chi connectivity index (χ1n) is 11.2. The molecule has 0 bridgehead atoms. The van der Waals surface area contributed by atoms with Crippen molar-refractivity contribution < 1.29 is 23.5 Å². The molecule has 1 heterocycles. The second-order valence-electron chi connectivity index (χ2n) is 8.48. The molecule has 1 saturated heterocycles. The summed E-state index contributed by atoms with van der Waals surface area (Å²) in [7, 11) is 1.34. The van der Waals surface area contributed by atoms with Crippen LogP contribution in [0.5, 0.6) is 5.75 Å². The minimum atomic E-state index is -1.14. The van der Waals surface area contributed by atoms with E-state index in [-0.39, 0.29) is 11.3 Å². The van der Waals surface area contributed by atoms with Gasteiger partial charge in [-0.2, -0.15) is 0 Å². The number of methoxy groups -OCH3 is 1. The maximum absolute atomic E-state index is 14.3. The summed E-state index contributed by atoms with van der Waals surface area (Å²) in [5.74, 6) is -2.28. The average molecular weight is 476 g/mol. The molecule has 1 aliphatic rings. The van der Waals surface area contributed by atoms with Crippen LogP contribution < -0.4 is 15.4 Å². The number of aryl methyl sites for hydroxylation is 1. The van der Waals surface area contributed by atoms with Gasteiger partial charge in [-0.1, -0.05) is 61.0 Å². The van der Waals surface area contributed by atoms with Gasteiger partial charge in [-0.25, -0.2) is 14.1 Å². The first kappa shape index (κ1) is 23.9. The number of nitrogens with one attached hydrogen (secondary N) is 2. The van der Waals surface area contributed by atoms with Crippen LogP contribution in [-0.2, 0) is 9.59 Å². The van der Waals surface area contributed by atoms with E-state index in [1.807, 2.05) is 49.4 Å². The van der Waals surface area contributed by atoms with Crippen molar-refractivity contribution >= 4 is 23.5 Å². The molecule has 3 atom stereocenters. The zero-order chi connectivity index (χ0) is 25.1. The molecule has 3 unspecified atom stereocenters. The molecule has 0 spiro atoms. The Hall–Kier alpha value is -4.20. The second kappa shape index (κ2) is 9.97. The van der Waals surface area contributed by atoms with Crippen LogP contribution in [-0.4, -0.2) is 35.9 Å². The van der Waals surface area contributed by atoms with Crippen molar-refractivity contribution in [2.24, 2.45) is 0 Å². The fourth-order valence-electron chi connectivity index (χ4n) is 4.21. The van der Waals surface area contributed by atoms with E-state index in [0.717, 1.165) is 22.1 Å². The van der Waals surface area contributed by atoms with E-state index in [9.17, 15) is 18.8 Å². The molecule has 3 aromatic carbocycles. The second-order valence-corrected chi connectivity index (χ2v) is 8.48. The predicted octanol–water partition coefficient (Wildman–Crippen LogP) is 4.55. The Kier molecular flexibility index (Phi) is 6.82. The van der Waals surface area contributed by atoms with E-state index < -0.39 is 41.7 Å². The Labute approximate surface area is 202 Å². The third-order valence-electron chi connectivity index (χ3n) is 6.15. The van der Waals surface area contributed by atoms with Gasteiger partial charge in [0.2, 0.25) is 5.91 Å². The summed E-state index contributed by atoms with van der Waals surface area (Å²) in [5.41, 5.74) is 2.62. The van der Waals surface area contributed by atoms with Gasteiger partial charge in [0.1, 0.15) is 12.1 Å². The van der Waals surface area contributed by atoms with Gasteiger partial charge in [0.25, 0.3) is 5.91 Å². The van der Waals surface area contributed by atoms with Gasteiger partial charge >= 0.3 is 6.03 Å². The van der Waals surface area contributed by atoms with Crippen molar-refractivity contribution in [1.29, 1.82) is 0 Å². The van der Waals surface area contributed by atoms with Crippen LogP contribution >= 0.6 is 0 Å². The van der Waals surface area contributed by atoms with Crippen molar-refractivity contribution in [2.45, 2.75) is 31.8 Å². The third kappa shape index (κ3) is 4.87. The first-order chi connectivity index (χ1) is 16.8. The monoisotopic (exact) mass is 475 g/mol. The number of amides is 4. The fraction of sp³-hybridized carbons (Fsp3) is 0.222. The molecule has 7 nitrogen and oxygen atoms in total. The molecular formula is C27H26FN3O4. The lowest BCUT2D eigenvalue weighted by Crippen LogP contribution is -2.50. The number of benzene rings is 3. The van der Waals surface area contributed by atoms with Crippen LogP contribution in [0, 0.1) is 12.7 Å². The van der Waals surface area contributed by atoms with Crippen LogP contribution in [0.25, 0.3) is 0 Å². The highest BCUT2D eigenvalue weighted by molar-refractivity contribution is 6.09. The number of rotatable bonds is 7. The smallest absolute Gasteiger partial charge is 0.325 e. The van der Waals surface area contributed by atoms with Gasteiger partial charge in [0, 0.05) is 11.6 Å². The summed E-state index contributed by atoms with van der Waals surface area (Å²) < 4.78 is 19.2. The number of urea groups is 1. The Bertz CT molecular complexity index is 1250. The maximum atomic E-state index is 14.3. The van der Waals surface area contributed by atoms with E-state index in [2.05, 4.69) is 10.6 Å². The molecule has 3 aromatic rings. The summed E-state index contributed by atoms with van der Waals surface area (Å²) in [6.45, 7) is 3.72. The summed E-state index contributed by atoms with van der Waals surface area (Å²) >= 11 is 0. The maximum Gasteiger partial charge on any atom is 0.325 e. The minimum Gasteiger partial charge on any atom is -0.494 e. The molecule has 0 saturated carbocycles.